The second kappa shape index (κ2) is 4.21. The number of aliphatic imine (C=N–C) groups is 1. The number of carbonyl (C=O) groups excluding carboxylic acids is 1. The van der Waals surface area contributed by atoms with Gasteiger partial charge in [-0.25, -0.2) is 0 Å². The zero-order chi connectivity index (χ0) is 9.68. The van der Waals surface area contributed by atoms with E-state index < -0.39 is 0 Å². The van der Waals surface area contributed by atoms with E-state index in [9.17, 15) is 4.79 Å². The molecule has 0 aliphatic carbocycles. The maximum Gasteiger partial charge on any atom is 0.247 e. The number of hydrogen-bond acceptors (Lipinski definition) is 2. The van der Waals surface area contributed by atoms with Crippen molar-refractivity contribution in [3.63, 3.8) is 0 Å². The molecule has 0 fully saturated rings. The van der Waals surface area contributed by atoms with Crippen LogP contribution in [0.15, 0.2) is 41.9 Å². The number of nitrogens with zero attached hydrogens (tertiary/aromatic N) is 1. The number of rotatable bonds is 3. The van der Waals surface area contributed by atoms with E-state index in [2.05, 4.69) is 23.6 Å². The Bertz CT molecular complexity index is 327. The fraction of sp³-hybridized carbons (Fsp3) is 0. The van der Waals surface area contributed by atoms with Gasteiger partial charge in [0.05, 0.1) is 5.69 Å². The lowest BCUT2D eigenvalue weighted by molar-refractivity contribution is -0.111. The van der Waals surface area contributed by atoms with Crippen LogP contribution in [0.3, 0.4) is 0 Å². The summed E-state index contributed by atoms with van der Waals surface area (Å²) in [4.78, 5) is 14.6. The van der Waals surface area contributed by atoms with Gasteiger partial charge in [0.2, 0.25) is 5.91 Å². The molecule has 1 aromatic carbocycles. The Labute approximate surface area is 76.8 Å². The number of carbonyl (C=O) groups is 1. The van der Waals surface area contributed by atoms with Gasteiger partial charge in [-0.05, 0) is 37.1 Å². The van der Waals surface area contributed by atoms with Gasteiger partial charge in [-0.15, -0.1) is 0 Å². The summed E-state index contributed by atoms with van der Waals surface area (Å²) in [6.07, 6.45) is 1.22. The number of anilines is 1. The van der Waals surface area contributed by atoms with E-state index in [1.54, 1.807) is 24.3 Å². The van der Waals surface area contributed by atoms with Crippen LogP contribution in [-0.4, -0.2) is 12.6 Å². The van der Waals surface area contributed by atoms with Gasteiger partial charge in [0.1, 0.15) is 0 Å². The predicted molar refractivity (Wildman–Crippen MR) is 54.5 cm³/mol. The highest BCUT2D eigenvalue weighted by atomic mass is 16.1. The molecular weight excluding hydrogens is 164 g/mol. The Kier molecular flexibility index (Phi) is 2.97. The molecule has 1 amide bonds. The van der Waals surface area contributed by atoms with Gasteiger partial charge < -0.3 is 5.32 Å². The summed E-state index contributed by atoms with van der Waals surface area (Å²) >= 11 is 0. The van der Waals surface area contributed by atoms with E-state index in [-0.39, 0.29) is 5.91 Å². The van der Waals surface area contributed by atoms with Gasteiger partial charge in [0.15, 0.2) is 0 Å². The molecule has 0 aliphatic rings. The first-order valence-corrected chi connectivity index (χ1v) is 3.76. The average Bonchev–Trinajstić information content (AvgIpc) is 2.19. The second-order valence-corrected chi connectivity index (χ2v) is 2.40. The minimum absolute atomic E-state index is 0.223. The molecule has 0 saturated heterocycles. The van der Waals surface area contributed by atoms with Crippen molar-refractivity contribution < 1.29 is 4.79 Å². The third-order valence-electron chi connectivity index (χ3n) is 1.50. The minimum atomic E-state index is -0.223. The molecule has 0 aliphatic heterocycles. The highest BCUT2D eigenvalue weighted by Crippen LogP contribution is 2.15. The molecule has 3 nitrogen and oxygen atoms in total. The summed E-state index contributed by atoms with van der Waals surface area (Å²) in [6, 6.07) is 7.05. The van der Waals surface area contributed by atoms with Crippen molar-refractivity contribution in [1.82, 2.24) is 0 Å². The van der Waals surface area contributed by atoms with E-state index >= 15 is 0 Å². The monoisotopic (exact) mass is 174 g/mol. The van der Waals surface area contributed by atoms with E-state index in [0.29, 0.717) is 0 Å². The molecule has 0 saturated carbocycles. The standard InChI is InChI=1S/C10H10N2O/c1-3-10(13)12-9-6-4-8(11-2)5-7-9/h3-7H,1-2H2,(H,12,13). The van der Waals surface area contributed by atoms with Crippen molar-refractivity contribution >= 4 is 24.0 Å². The van der Waals surface area contributed by atoms with Crippen molar-refractivity contribution in [2.45, 2.75) is 0 Å². The summed E-state index contributed by atoms with van der Waals surface area (Å²) in [5.41, 5.74) is 1.49. The lowest BCUT2D eigenvalue weighted by atomic mass is 10.3. The Morgan fingerprint density at radius 3 is 2.46 bits per heavy atom. The first-order chi connectivity index (χ1) is 6.26. The zero-order valence-corrected chi connectivity index (χ0v) is 7.16. The molecule has 1 aromatic rings. The van der Waals surface area contributed by atoms with Gasteiger partial charge in [0.25, 0.3) is 0 Å². The van der Waals surface area contributed by atoms with Crippen LogP contribution in [0, 0.1) is 0 Å². The van der Waals surface area contributed by atoms with Crippen LogP contribution < -0.4 is 5.32 Å². The maximum absolute atomic E-state index is 10.9. The minimum Gasteiger partial charge on any atom is -0.323 e. The highest BCUT2D eigenvalue weighted by molar-refractivity contribution is 5.98. The molecule has 1 N–H and O–H groups in total. The van der Waals surface area contributed by atoms with Crippen molar-refractivity contribution in [2.75, 3.05) is 5.32 Å². The highest BCUT2D eigenvalue weighted by Gasteiger charge is 1.95. The Hall–Kier alpha value is -1.90. The van der Waals surface area contributed by atoms with E-state index in [1.165, 1.54) is 6.08 Å². The number of hydrogen-bond donors (Lipinski definition) is 1. The largest absolute Gasteiger partial charge is 0.323 e. The number of benzene rings is 1. The summed E-state index contributed by atoms with van der Waals surface area (Å²) in [5.74, 6) is -0.223. The summed E-state index contributed by atoms with van der Waals surface area (Å²) in [5, 5.41) is 2.62. The van der Waals surface area contributed by atoms with Crippen LogP contribution in [0.4, 0.5) is 11.4 Å². The fourth-order valence-electron chi connectivity index (χ4n) is 0.843. The molecule has 0 aromatic heterocycles. The smallest absolute Gasteiger partial charge is 0.247 e. The summed E-state index contributed by atoms with van der Waals surface area (Å²) in [7, 11) is 0. The normalized spacial score (nSPS) is 8.92. The van der Waals surface area contributed by atoms with Gasteiger partial charge >= 0.3 is 0 Å². The van der Waals surface area contributed by atoms with Crippen LogP contribution in [0.1, 0.15) is 0 Å². The summed E-state index contributed by atoms with van der Waals surface area (Å²) in [6.45, 7) is 6.73. The molecule has 13 heavy (non-hydrogen) atoms. The Morgan fingerprint density at radius 2 is 2.00 bits per heavy atom. The molecule has 0 spiro atoms. The van der Waals surface area contributed by atoms with Crippen LogP contribution in [0.2, 0.25) is 0 Å². The van der Waals surface area contributed by atoms with Crippen LogP contribution in [0.5, 0.6) is 0 Å². The van der Waals surface area contributed by atoms with Gasteiger partial charge in [-0.1, -0.05) is 6.58 Å². The van der Waals surface area contributed by atoms with Crippen molar-refractivity contribution in [3.05, 3.63) is 36.9 Å². The molecule has 0 heterocycles. The van der Waals surface area contributed by atoms with Crippen LogP contribution in [-0.2, 0) is 4.79 Å². The van der Waals surface area contributed by atoms with Gasteiger partial charge in [-0.3, -0.25) is 9.79 Å². The number of amides is 1. The van der Waals surface area contributed by atoms with Gasteiger partial charge in [0, 0.05) is 5.69 Å². The number of nitrogens with one attached hydrogen (secondary N) is 1. The zero-order valence-electron chi connectivity index (χ0n) is 7.16. The van der Waals surface area contributed by atoms with Crippen molar-refractivity contribution in [2.24, 2.45) is 4.99 Å². The lowest BCUT2D eigenvalue weighted by Crippen LogP contribution is -2.06. The molecule has 66 valence electrons. The third-order valence-corrected chi connectivity index (χ3v) is 1.50. The van der Waals surface area contributed by atoms with Crippen LogP contribution in [0.25, 0.3) is 0 Å². The predicted octanol–water partition coefficient (Wildman–Crippen LogP) is 2.14. The van der Waals surface area contributed by atoms with Crippen LogP contribution >= 0.6 is 0 Å². The first-order valence-electron chi connectivity index (χ1n) is 3.76. The average molecular weight is 174 g/mol. The SMILES string of the molecule is C=CC(=O)Nc1ccc(N=C)cc1. The molecular formula is C10H10N2O. The van der Waals surface area contributed by atoms with E-state index in [0.717, 1.165) is 11.4 Å². The molecule has 0 unspecified atom stereocenters. The Morgan fingerprint density at radius 1 is 1.38 bits per heavy atom. The fourth-order valence-corrected chi connectivity index (χ4v) is 0.843. The molecule has 1 rings (SSSR count). The third kappa shape index (κ3) is 2.56. The lowest BCUT2D eigenvalue weighted by Gasteiger charge is -2.01. The van der Waals surface area contributed by atoms with E-state index in [4.69, 9.17) is 0 Å². The first kappa shape index (κ1) is 9.19. The molecule has 0 atom stereocenters. The summed E-state index contributed by atoms with van der Waals surface area (Å²) < 4.78 is 0. The van der Waals surface area contributed by atoms with Gasteiger partial charge in [-0.2, -0.15) is 0 Å². The molecule has 0 bridgehead atoms. The molecule has 0 radical (unpaired) electrons. The topological polar surface area (TPSA) is 41.5 Å². The molecule has 3 heteroatoms. The maximum atomic E-state index is 10.9. The van der Waals surface area contributed by atoms with Crippen molar-refractivity contribution in [1.29, 1.82) is 0 Å². The second-order valence-electron chi connectivity index (χ2n) is 2.40. The van der Waals surface area contributed by atoms with Crippen molar-refractivity contribution in [3.8, 4) is 0 Å². The van der Waals surface area contributed by atoms with E-state index in [1.807, 2.05) is 0 Å². The quantitative estimate of drug-likeness (QED) is 0.553. The Balaban J connectivity index is 2.74.